The van der Waals surface area contributed by atoms with Gasteiger partial charge in [0.05, 0.1) is 10.9 Å². The molecular weight excluding hydrogens is 330 g/mol. The molecule has 2 heterocycles. The number of anilines is 1. The van der Waals surface area contributed by atoms with Crippen molar-refractivity contribution >= 4 is 33.4 Å². The van der Waals surface area contributed by atoms with Crippen LogP contribution in [0.3, 0.4) is 0 Å². The highest BCUT2D eigenvalue weighted by Crippen LogP contribution is 2.25. The molecule has 0 atom stereocenters. The third kappa shape index (κ3) is 2.52. The van der Waals surface area contributed by atoms with Gasteiger partial charge in [0.15, 0.2) is 0 Å². The van der Waals surface area contributed by atoms with Gasteiger partial charge in [-0.3, -0.25) is 9.59 Å². The summed E-state index contributed by atoms with van der Waals surface area (Å²) in [4.78, 5) is 31.4. The number of rotatable bonds is 3. The molecule has 1 amide bonds. The number of aryl methyl sites for hydroxylation is 1. The Hall–Kier alpha value is -3.54. The highest BCUT2D eigenvalue weighted by molar-refractivity contribution is 6.07. The summed E-state index contributed by atoms with van der Waals surface area (Å²) in [7, 11) is 0. The van der Waals surface area contributed by atoms with Crippen LogP contribution in [-0.2, 0) is 6.42 Å². The van der Waals surface area contributed by atoms with Crippen molar-refractivity contribution in [3.63, 3.8) is 0 Å². The summed E-state index contributed by atoms with van der Waals surface area (Å²) in [6.45, 7) is 2.00. The molecule has 0 fully saturated rings. The Morgan fingerprint density at radius 1 is 1.15 bits per heavy atom. The second-order valence-corrected chi connectivity index (χ2v) is 6.11. The van der Waals surface area contributed by atoms with E-state index in [1.54, 1.807) is 12.1 Å². The number of hydrogen-bond acceptors (Lipinski definition) is 3. The van der Waals surface area contributed by atoms with Gasteiger partial charge in [-0.15, -0.1) is 0 Å². The fraction of sp³-hybridized carbons (Fsp3) is 0.100. The van der Waals surface area contributed by atoms with Crippen LogP contribution in [0.25, 0.3) is 21.8 Å². The minimum atomic E-state index is -0.517. The van der Waals surface area contributed by atoms with E-state index in [1.165, 1.54) is 12.3 Å². The molecule has 6 nitrogen and oxygen atoms in total. The predicted octanol–water partition coefficient (Wildman–Crippen LogP) is 3.53. The molecule has 4 rings (SSSR count). The van der Waals surface area contributed by atoms with Gasteiger partial charge in [-0.05, 0) is 47.7 Å². The van der Waals surface area contributed by atoms with Crippen LogP contribution < -0.4 is 10.7 Å². The molecule has 0 saturated carbocycles. The van der Waals surface area contributed by atoms with Crippen molar-refractivity contribution < 1.29 is 9.90 Å². The number of carbonyl (C=O) groups is 1. The molecule has 0 spiro atoms. The predicted molar refractivity (Wildman–Crippen MR) is 102 cm³/mol. The van der Waals surface area contributed by atoms with Crippen LogP contribution >= 0.6 is 0 Å². The van der Waals surface area contributed by atoms with E-state index in [4.69, 9.17) is 0 Å². The SMILES string of the molecule is CCc1cc2cc[nH]c2cc1NC(=O)c1c[nH]c2cccc(O)c2c1=O. The van der Waals surface area contributed by atoms with E-state index in [9.17, 15) is 14.7 Å². The van der Waals surface area contributed by atoms with Gasteiger partial charge < -0.3 is 20.4 Å². The molecule has 0 saturated heterocycles. The van der Waals surface area contributed by atoms with Gasteiger partial charge in [-0.2, -0.15) is 0 Å². The number of benzene rings is 2. The number of aromatic amines is 2. The van der Waals surface area contributed by atoms with Gasteiger partial charge in [0.25, 0.3) is 5.91 Å². The molecule has 4 aromatic rings. The van der Waals surface area contributed by atoms with E-state index >= 15 is 0 Å². The summed E-state index contributed by atoms with van der Waals surface area (Å²) >= 11 is 0. The van der Waals surface area contributed by atoms with Gasteiger partial charge >= 0.3 is 0 Å². The van der Waals surface area contributed by atoms with E-state index in [0.717, 1.165) is 22.9 Å². The number of phenolic OH excluding ortho intramolecular Hbond substituents is 1. The van der Waals surface area contributed by atoms with Crippen molar-refractivity contribution in [2.75, 3.05) is 5.32 Å². The summed E-state index contributed by atoms with van der Waals surface area (Å²) in [5, 5.41) is 14.0. The molecule has 0 aliphatic rings. The first-order valence-corrected chi connectivity index (χ1v) is 8.33. The Morgan fingerprint density at radius 2 is 2.00 bits per heavy atom. The number of aromatic nitrogens is 2. The lowest BCUT2D eigenvalue weighted by atomic mass is 10.1. The smallest absolute Gasteiger partial charge is 0.261 e. The molecule has 0 radical (unpaired) electrons. The molecule has 0 bridgehead atoms. The number of amides is 1. The number of H-pyrrole nitrogens is 2. The van der Waals surface area contributed by atoms with E-state index < -0.39 is 11.3 Å². The van der Waals surface area contributed by atoms with E-state index in [2.05, 4.69) is 15.3 Å². The topological polar surface area (TPSA) is 98.0 Å². The monoisotopic (exact) mass is 347 g/mol. The highest BCUT2D eigenvalue weighted by atomic mass is 16.3. The Kier molecular flexibility index (Phi) is 3.73. The highest BCUT2D eigenvalue weighted by Gasteiger charge is 2.16. The van der Waals surface area contributed by atoms with Gasteiger partial charge in [-0.25, -0.2) is 0 Å². The van der Waals surface area contributed by atoms with E-state index in [0.29, 0.717) is 11.2 Å². The fourth-order valence-electron chi connectivity index (χ4n) is 3.16. The quantitative estimate of drug-likeness (QED) is 0.456. The molecule has 2 aromatic carbocycles. The Bertz CT molecular complexity index is 1200. The molecular formula is C20H17N3O3. The van der Waals surface area contributed by atoms with Gasteiger partial charge in [0.1, 0.15) is 11.3 Å². The second kappa shape index (κ2) is 6.07. The lowest BCUT2D eigenvalue weighted by molar-refractivity contribution is 0.102. The maximum atomic E-state index is 12.7. The van der Waals surface area contributed by atoms with Gasteiger partial charge in [0, 0.05) is 23.6 Å². The maximum absolute atomic E-state index is 12.7. The van der Waals surface area contributed by atoms with Crippen molar-refractivity contribution in [1.82, 2.24) is 9.97 Å². The van der Waals surface area contributed by atoms with Crippen LogP contribution in [0.1, 0.15) is 22.8 Å². The largest absolute Gasteiger partial charge is 0.507 e. The van der Waals surface area contributed by atoms with Crippen LogP contribution in [0.4, 0.5) is 5.69 Å². The Morgan fingerprint density at radius 3 is 2.81 bits per heavy atom. The molecule has 0 aliphatic heterocycles. The molecule has 0 unspecified atom stereocenters. The van der Waals surface area contributed by atoms with Crippen LogP contribution in [0.5, 0.6) is 5.75 Å². The number of hydrogen-bond donors (Lipinski definition) is 4. The number of carbonyl (C=O) groups excluding carboxylic acids is 1. The number of pyridine rings is 1. The summed E-state index contributed by atoms with van der Waals surface area (Å²) in [5.74, 6) is -0.669. The molecule has 130 valence electrons. The third-order valence-electron chi connectivity index (χ3n) is 4.54. The summed E-state index contributed by atoms with van der Waals surface area (Å²) < 4.78 is 0. The zero-order chi connectivity index (χ0) is 18.3. The summed E-state index contributed by atoms with van der Waals surface area (Å²) in [5.41, 5.74) is 2.46. The first kappa shape index (κ1) is 16.0. The van der Waals surface area contributed by atoms with Crippen molar-refractivity contribution in [1.29, 1.82) is 0 Å². The van der Waals surface area contributed by atoms with Crippen molar-refractivity contribution in [2.24, 2.45) is 0 Å². The Balaban J connectivity index is 1.77. The standard InChI is InChI=1S/C20H17N3O3/c1-2-11-8-12-6-7-21-15(12)9-16(11)23-20(26)13-10-22-14-4-3-5-17(24)18(14)19(13)25/h3-10,21,24H,2H2,1H3,(H,22,25)(H,23,26). The number of aromatic hydroxyl groups is 1. The first-order chi connectivity index (χ1) is 12.6. The van der Waals surface area contributed by atoms with Gasteiger partial charge in [-0.1, -0.05) is 13.0 Å². The van der Waals surface area contributed by atoms with Gasteiger partial charge in [0.2, 0.25) is 5.43 Å². The van der Waals surface area contributed by atoms with Crippen molar-refractivity contribution in [3.05, 3.63) is 70.1 Å². The summed E-state index contributed by atoms with van der Waals surface area (Å²) in [6, 6.07) is 10.6. The minimum Gasteiger partial charge on any atom is -0.507 e. The van der Waals surface area contributed by atoms with E-state index in [1.807, 2.05) is 31.3 Å². The first-order valence-electron chi connectivity index (χ1n) is 8.33. The van der Waals surface area contributed by atoms with E-state index in [-0.39, 0.29) is 16.7 Å². The molecule has 0 aliphatic carbocycles. The lowest BCUT2D eigenvalue weighted by Crippen LogP contribution is -2.22. The van der Waals surface area contributed by atoms with Crippen LogP contribution in [-0.4, -0.2) is 21.0 Å². The Labute approximate surface area is 148 Å². The normalized spacial score (nSPS) is 11.1. The average molecular weight is 347 g/mol. The second-order valence-electron chi connectivity index (χ2n) is 6.11. The average Bonchev–Trinajstić information content (AvgIpc) is 3.08. The zero-order valence-electron chi connectivity index (χ0n) is 14.1. The maximum Gasteiger partial charge on any atom is 0.261 e. The lowest BCUT2D eigenvalue weighted by Gasteiger charge is -2.11. The van der Waals surface area contributed by atoms with Crippen LogP contribution in [0, 0.1) is 0 Å². The molecule has 2 aromatic heterocycles. The summed E-state index contributed by atoms with van der Waals surface area (Å²) in [6.07, 6.45) is 3.95. The zero-order valence-corrected chi connectivity index (χ0v) is 14.1. The van der Waals surface area contributed by atoms with Crippen LogP contribution in [0.2, 0.25) is 0 Å². The fourth-order valence-corrected chi connectivity index (χ4v) is 3.16. The number of phenols is 1. The minimum absolute atomic E-state index is 0.0485. The van der Waals surface area contributed by atoms with Crippen molar-refractivity contribution in [2.45, 2.75) is 13.3 Å². The van der Waals surface area contributed by atoms with Crippen LogP contribution in [0.15, 0.2) is 53.6 Å². The molecule has 4 N–H and O–H groups in total. The number of fused-ring (bicyclic) bond motifs is 2. The molecule has 26 heavy (non-hydrogen) atoms. The number of nitrogens with one attached hydrogen (secondary N) is 3. The van der Waals surface area contributed by atoms with Crippen molar-refractivity contribution in [3.8, 4) is 5.75 Å². The molecule has 6 heteroatoms. The third-order valence-corrected chi connectivity index (χ3v) is 4.54.